The molecule has 0 spiro atoms. The molecule has 3 nitrogen and oxygen atoms in total. The van der Waals surface area contributed by atoms with Gasteiger partial charge in [-0.3, -0.25) is 0 Å². The van der Waals surface area contributed by atoms with E-state index in [-0.39, 0.29) is 16.0 Å². The molecule has 1 heterocycles. The maximum atomic E-state index is 13.0. The van der Waals surface area contributed by atoms with Crippen LogP contribution in [0.1, 0.15) is 5.56 Å². The summed E-state index contributed by atoms with van der Waals surface area (Å²) in [7, 11) is -3.27. The van der Waals surface area contributed by atoms with E-state index in [1.54, 1.807) is 6.92 Å². The molecule has 0 radical (unpaired) electrons. The highest BCUT2D eigenvalue weighted by Crippen LogP contribution is 2.20. The highest BCUT2D eigenvalue weighted by Gasteiger charge is 2.32. The molecule has 0 amide bonds. The fraction of sp³-hybridized carbons (Fsp3) is 0.400. The van der Waals surface area contributed by atoms with E-state index in [0.29, 0.717) is 18.7 Å². The molecule has 0 saturated carbocycles. The summed E-state index contributed by atoms with van der Waals surface area (Å²) >= 11 is 0. The first kappa shape index (κ1) is 10.6. The van der Waals surface area contributed by atoms with E-state index in [9.17, 15) is 12.8 Å². The Labute approximate surface area is 88.2 Å². The molecule has 0 aliphatic carbocycles. The fourth-order valence-corrected chi connectivity index (χ4v) is 3.13. The van der Waals surface area contributed by atoms with Crippen LogP contribution in [0.5, 0.6) is 0 Å². The first-order chi connectivity index (χ1) is 7.01. The van der Waals surface area contributed by atoms with Crippen molar-refractivity contribution in [1.29, 1.82) is 0 Å². The zero-order valence-electron chi connectivity index (χ0n) is 8.33. The Morgan fingerprint density at radius 3 is 2.53 bits per heavy atom. The molecule has 0 aromatic heterocycles. The van der Waals surface area contributed by atoms with Crippen LogP contribution >= 0.6 is 0 Å². The van der Waals surface area contributed by atoms with Crippen molar-refractivity contribution in [1.82, 2.24) is 5.32 Å². The number of rotatable bonds is 2. The summed E-state index contributed by atoms with van der Waals surface area (Å²) < 4.78 is 36.8. The summed E-state index contributed by atoms with van der Waals surface area (Å²) in [5, 5.41) is 2.55. The molecule has 0 bridgehead atoms. The van der Waals surface area contributed by atoms with Gasteiger partial charge in [-0.15, -0.1) is 0 Å². The quantitative estimate of drug-likeness (QED) is 0.766. The molecule has 0 atom stereocenters. The molecule has 1 aliphatic rings. The number of hydrogen-bond donors (Lipinski definition) is 1. The van der Waals surface area contributed by atoms with E-state index in [4.69, 9.17) is 0 Å². The molecule has 1 saturated heterocycles. The van der Waals surface area contributed by atoms with Gasteiger partial charge in [0.25, 0.3) is 0 Å². The summed E-state index contributed by atoms with van der Waals surface area (Å²) in [6.07, 6.45) is 0. The van der Waals surface area contributed by atoms with Crippen LogP contribution in [0.15, 0.2) is 23.1 Å². The number of nitrogens with one attached hydrogen (secondary N) is 1. The Morgan fingerprint density at radius 1 is 1.40 bits per heavy atom. The molecular weight excluding hydrogens is 217 g/mol. The van der Waals surface area contributed by atoms with Crippen LogP contribution in [-0.4, -0.2) is 26.8 Å². The Kier molecular flexibility index (Phi) is 2.52. The lowest BCUT2D eigenvalue weighted by Crippen LogP contribution is -2.51. The second kappa shape index (κ2) is 3.57. The molecule has 1 N–H and O–H groups in total. The number of hydrogen-bond acceptors (Lipinski definition) is 3. The van der Waals surface area contributed by atoms with Crippen molar-refractivity contribution in [3.8, 4) is 0 Å². The third-order valence-corrected chi connectivity index (χ3v) is 4.76. The van der Waals surface area contributed by atoms with Gasteiger partial charge in [-0.25, -0.2) is 12.8 Å². The monoisotopic (exact) mass is 229 g/mol. The second-order valence-electron chi connectivity index (χ2n) is 3.74. The fourth-order valence-electron chi connectivity index (χ4n) is 1.47. The van der Waals surface area contributed by atoms with Crippen molar-refractivity contribution in [3.63, 3.8) is 0 Å². The van der Waals surface area contributed by atoms with Crippen LogP contribution in [0.25, 0.3) is 0 Å². The van der Waals surface area contributed by atoms with Crippen molar-refractivity contribution < 1.29 is 12.8 Å². The summed E-state index contributed by atoms with van der Waals surface area (Å²) in [6.45, 7) is 2.53. The predicted octanol–water partition coefficient (Wildman–Crippen LogP) is 0.880. The van der Waals surface area contributed by atoms with Gasteiger partial charge in [-0.05, 0) is 30.7 Å². The molecule has 5 heteroatoms. The SMILES string of the molecule is Cc1cc(S(=O)(=O)C2CNC2)ccc1F. The zero-order chi connectivity index (χ0) is 11.1. The minimum Gasteiger partial charge on any atom is -0.314 e. The van der Waals surface area contributed by atoms with E-state index < -0.39 is 9.84 Å². The Balaban J connectivity index is 2.40. The van der Waals surface area contributed by atoms with Crippen molar-refractivity contribution in [3.05, 3.63) is 29.6 Å². The van der Waals surface area contributed by atoms with Gasteiger partial charge >= 0.3 is 0 Å². The van der Waals surface area contributed by atoms with E-state index in [1.807, 2.05) is 0 Å². The third kappa shape index (κ3) is 1.77. The van der Waals surface area contributed by atoms with Gasteiger partial charge < -0.3 is 5.32 Å². The molecule has 1 aromatic carbocycles. The molecule has 15 heavy (non-hydrogen) atoms. The molecule has 1 aromatic rings. The second-order valence-corrected chi connectivity index (χ2v) is 5.96. The van der Waals surface area contributed by atoms with Crippen LogP contribution in [0.4, 0.5) is 4.39 Å². The molecule has 2 rings (SSSR count). The lowest BCUT2D eigenvalue weighted by Gasteiger charge is -2.26. The highest BCUT2D eigenvalue weighted by atomic mass is 32.2. The molecule has 0 unspecified atom stereocenters. The maximum Gasteiger partial charge on any atom is 0.183 e. The van der Waals surface area contributed by atoms with Crippen molar-refractivity contribution in [2.75, 3.05) is 13.1 Å². The van der Waals surface area contributed by atoms with Crippen molar-refractivity contribution in [2.24, 2.45) is 0 Å². The average Bonchev–Trinajstić information content (AvgIpc) is 2.05. The van der Waals surface area contributed by atoms with Gasteiger partial charge in [0.05, 0.1) is 10.1 Å². The smallest absolute Gasteiger partial charge is 0.183 e. The Hall–Kier alpha value is -0.940. The normalized spacial score (nSPS) is 17.5. The van der Waals surface area contributed by atoms with Crippen LogP contribution in [0.2, 0.25) is 0 Å². The van der Waals surface area contributed by atoms with Gasteiger partial charge in [0.15, 0.2) is 9.84 Å². The van der Waals surface area contributed by atoms with Gasteiger partial charge in [-0.1, -0.05) is 0 Å². The minimum atomic E-state index is -3.27. The lowest BCUT2D eigenvalue weighted by atomic mass is 10.2. The number of benzene rings is 1. The molecule has 82 valence electrons. The first-order valence-corrected chi connectivity index (χ1v) is 6.27. The lowest BCUT2D eigenvalue weighted by molar-refractivity contribution is 0.495. The topological polar surface area (TPSA) is 46.2 Å². The van der Waals surface area contributed by atoms with E-state index >= 15 is 0 Å². The number of halogens is 1. The molecule has 1 aliphatic heterocycles. The number of sulfone groups is 1. The van der Waals surface area contributed by atoms with Crippen LogP contribution in [0, 0.1) is 12.7 Å². The van der Waals surface area contributed by atoms with Gasteiger partial charge in [0.2, 0.25) is 0 Å². The predicted molar refractivity (Wildman–Crippen MR) is 55.0 cm³/mol. The van der Waals surface area contributed by atoms with E-state index in [1.165, 1.54) is 18.2 Å². The van der Waals surface area contributed by atoms with E-state index in [2.05, 4.69) is 5.32 Å². The maximum absolute atomic E-state index is 13.0. The van der Waals surface area contributed by atoms with Crippen LogP contribution in [0.3, 0.4) is 0 Å². The zero-order valence-corrected chi connectivity index (χ0v) is 9.14. The largest absolute Gasteiger partial charge is 0.314 e. The first-order valence-electron chi connectivity index (χ1n) is 4.72. The minimum absolute atomic E-state index is 0.216. The van der Waals surface area contributed by atoms with Crippen LogP contribution in [-0.2, 0) is 9.84 Å². The molecule has 1 fully saturated rings. The average molecular weight is 229 g/mol. The van der Waals surface area contributed by atoms with Gasteiger partial charge in [0.1, 0.15) is 5.82 Å². The van der Waals surface area contributed by atoms with E-state index in [0.717, 1.165) is 0 Å². The van der Waals surface area contributed by atoms with Crippen LogP contribution < -0.4 is 5.32 Å². The summed E-state index contributed by atoms with van der Waals surface area (Å²) in [5.41, 5.74) is 0.364. The summed E-state index contributed by atoms with van der Waals surface area (Å²) in [4.78, 5) is 0.216. The third-order valence-electron chi connectivity index (χ3n) is 2.64. The number of aryl methyl sites for hydroxylation is 1. The van der Waals surface area contributed by atoms with Gasteiger partial charge in [0, 0.05) is 13.1 Å². The summed E-state index contributed by atoms with van der Waals surface area (Å²) in [5.74, 6) is -0.374. The van der Waals surface area contributed by atoms with Gasteiger partial charge in [-0.2, -0.15) is 0 Å². The standard InChI is InChI=1S/C10H12FNO2S/c1-7-4-8(2-3-10(7)11)15(13,14)9-5-12-6-9/h2-4,9,12H,5-6H2,1H3. The summed E-state index contributed by atoms with van der Waals surface area (Å²) in [6, 6.07) is 3.92. The Morgan fingerprint density at radius 2 is 2.07 bits per heavy atom. The Bertz CT molecular complexity index is 480. The van der Waals surface area contributed by atoms with Crippen molar-refractivity contribution in [2.45, 2.75) is 17.1 Å². The van der Waals surface area contributed by atoms with Crippen molar-refractivity contribution >= 4 is 9.84 Å². The highest BCUT2D eigenvalue weighted by molar-refractivity contribution is 7.92. The molecular formula is C10H12FNO2S.